The molecule has 0 radical (unpaired) electrons. The Morgan fingerprint density at radius 1 is 0.697 bits per heavy atom. The Labute approximate surface area is 198 Å². The lowest BCUT2D eigenvalue weighted by Crippen LogP contribution is -2.09. The van der Waals surface area contributed by atoms with Crippen molar-refractivity contribution in [2.24, 2.45) is 0 Å². The van der Waals surface area contributed by atoms with Gasteiger partial charge in [0.2, 0.25) is 0 Å². The third-order valence-electron chi connectivity index (χ3n) is 5.45. The Hall–Kier alpha value is -3.14. The van der Waals surface area contributed by atoms with E-state index in [4.69, 9.17) is 9.47 Å². The lowest BCUT2D eigenvalue weighted by molar-refractivity contribution is -0.130. The highest BCUT2D eigenvalue weighted by Gasteiger charge is 2.13. The van der Waals surface area contributed by atoms with Crippen LogP contribution in [0.3, 0.4) is 0 Å². The maximum atomic E-state index is 11.9. The minimum atomic E-state index is -0.411. The van der Waals surface area contributed by atoms with Crippen molar-refractivity contribution < 1.29 is 19.1 Å². The molecule has 4 nitrogen and oxygen atoms in total. The number of hydrogen-bond donors (Lipinski definition) is 0. The summed E-state index contributed by atoms with van der Waals surface area (Å²) < 4.78 is 10.9. The van der Waals surface area contributed by atoms with Gasteiger partial charge in [-0.3, -0.25) is 0 Å². The molecule has 0 spiro atoms. The second-order valence-electron chi connectivity index (χ2n) is 8.58. The number of carbonyl (C=O) groups excluding carboxylic acids is 2. The average molecular weight is 449 g/mol. The van der Waals surface area contributed by atoms with Crippen LogP contribution in [-0.2, 0) is 28.9 Å². The Morgan fingerprint density at radius 3 is 1.42 bits per heavy atom. The third-order valence-corrected chi connectivity index (χ3v) is 5.45. The molecule has 0 amide bonds. The lowest BCUT2D eigenvalue weighted by Gasteiger charge is -2.16. The van der Waals surface area contributed by atoms with Gasteiger partial charge in [0.05, 0.1) is 0 Å². The summed E-state index contributed by atoms with van der Waals surface area (Å²) in [6, 6.07) is 11.7. The van der Waals surface area contributed by atoms with E-state index in [1.807, 2.05) is 36.4 Å². The van der Waals surface area contributed by atoms with E-state index in [2.05, 4.69) is 27.0 Å². The van der Waals surface area contributed by atoms with Crippen LogP contribution in [0.5, 0.6) is 11.5 Å². The van der Waals surface area contributed by atoms with Crippen LogP contribution < -0.4 is 9.47 Å². The zero-order valence-corrected chi connectivity index (χ0v) is 20.5. The number of ether oxygens (including phenoxy) is 2. The number of aryl methyl sites for hydroxylation is 2. The molecule has 4 heteroatoms. The Morgan fingerprint density at radius 2 is 1.09 bits per heavy atom. The van der Waals surface area contributed by atoms with Crippen LogP contribution in [0.25, 0.3) is 0 Å². The van der Waals surface area contributed by atoms with Crippen molar-refractivity contribution in [2.45, 2.75) is 72.6 Å². The number of hydrogen-bond acceptors (Lipinski definition) is 4. The Bertz CT molecular complexity index is 935. The SMILES string of the molecule is C=C(C)C(=O)Oc1ccc(Cc2ccc(OC(=O)C(=C)C)cc2CCCC)c(CCCC)c1. The van der Waals surface area contributed by atoms with Gasteiger partial charge >= 0.3 is 11.9 Å². The first-order chi connectivity index (χ1) is 15.7. The summed E-state index contributed by atoms with van der Waals surface area (Å²) in [4.78, 5) is 23.9. The number of rotatable bonds is 12. The van der Waals surface area contributed by atoms with E-state index in [0.29, 0.717) is 22.6 Å². The first-order valence-electron chi connectivity index (χ1n) is 11.7. The van der Waals surface area contributed by atoms with E-state index >= 15 is 0 Å². The molecule has 0 aliphatic heterocycles. The molecule has 0 aromatic heterocycles. The Kier molecular flexibility index (Phi) is 10.1. The summed E-state index contributed by atoms with van der Waals surface area (Å²) in [5.74, 6) is 0.272. The third kappa shape index (κ3) is 8.05. The standard InChI is InChI=1S/C29H36O4/c1-7-9-11-22-18-26(32-28(30)20(3)4)15-13-24(22)17-25-14-16-27(33-29(31)21(5)6)19-23(25)12-10-8-2/h13-16,18-19H,3,5,7-12,17H2,1-2,4,6H3. The molecule has 0 heterocycles. The van der Waals surface area contributed by atoms with Crippen LogP contribution in [0.2, 0.25) is 0 Å². The molecule has 2 aromatic rings. The fourth-order valence-electron chi connectivity index (χ4n) is 3.47. The number of benzene rings is 2. The summed E-state index contributed by atoms with van der Waals surface area (Å²) in [6.07, 6.45) is 6.89. The van der Waals surface area contributed by atoms with Gasteiger partial charge in [-0.05, 0) is 92.5 Å². The van der Waals surface area contributed by atoms with Crippen LogP contribution in [0.4, 0.5) is 0 Å². The monoisotopic (exact) mass is 448 g/mol. The van der Waals surface area contributed by atoms with E-state index in [1.165, 1.54) is 22.3 Å². The van der Waals surface area contributed by atoms with E-state index in [9.17, 15) is 9.59 Å². The predicted molar refractivity (Wildman–Crippen MR) is 134 cm³/mol. The molecule has 2 aromatic carbocycles. The highest BCUT2D eigenvalue weighted by Crippen LogP contribution is 2.27. The van der Waals surface area contributed by atoms with Crippen molar-refractivity contribution in [3.05, 3.63) is 83.0 Å². The molecule has 0 unspecified atom stereocenters. The highest BCUT2D eigenvalue weighted by molar-refractivity contribution is 5.89. The second-order valence-corrected chi connectivity index (χ2v) is 8.58. The van der Waals surface area contributed by atoms with Crippen molar-refractivity contribution >= 4 is 11.9 Å². The molecule has 0 N–H and O–H groups in total. The molecule has 0 aliphatic carbocycles. The summed E-state index contributed by atoms with van der Waals surface area (Å²) in [5, 5.41) is 0. The van der Waals surface area contributed by atoms with Gasteiger partial charge in [0.1, 0.15) is 11.5 Å². The van der Waals surface area contributed by atoms with E-state index in [1.54, 1.807) is 13.8 Å². The normalized spacial score (nSPS) is 10.5. The van der Waals surface area contributed by atoms with E-state index in [-0.39, 0.29) is 0 Å². The first kappa shape index (κ1) is 26.1. The van der Waals surface area contributed by atoms with Crippen molar-refractivity contribution in [2.75, 3.05) is 0 Å². The van der Waals surface area contributed by atoms with Crippen LogP contribution in [0, 0.1) is 0 Å². The minimum Gasteiger partial charge on any atom is -0.423 e. The van der Waals surface area contributed by atoms with Gasteiger partial charge in [0, 0.05) is 11.1 Å². The predicted octanol–water partition coefficient (Wildman–Crippen LogP) is 6.93. The molecular formula is C29H36O4. The van der Waals surface area contributed by atoms with Gasteiger partial charge in [0.25, 0.3) is 0 Å². The van der Waals surface area contributed by atoms with Gasteiger partial charge in [-0.25, -0.2) is 9.59 Å². The van der Waals surface area contributed by atoms with Crippen molar-refractivity contribution in [1.29, 1.82) is 0 Å². The fraction of sp³-hybridized carbons (Fsp3) is 0.379. The maximum absolute atomic E-state index is 11.9. The van der Waals surface area contributed by atoms with Crippen molar-refractivity contribution in [3.8, 4) is 11.5 Å². The highest BCUT2D eigenvalue weighted by atomic mass is 16.5. The van der Waals surface area contributed by atoms with Gasteiger partial charge in [0.15, 0.2) is 0 Å². The molecule has 33 heavy (non-hydrogen) atoms. The average Bonchev–Trinajstić information content (AvgIpc) is 2.78. The van der Waals surface area contributed by atoms with Crippen LogP contribution in [0.1, 0.15) is 75.6 Å². The molecule has 0 fully saturated rings. The summed E-state index contributed by atoms with van der Waals surface area (Å²) in [6.45, 7) is 14.9. The summed E-state index contributed by atoms with van der Waals surface area (Å²) in [7, 11) is 0. The van der Waals surface area contributed by atoms with Crippen LogP contribution in [-0.4, -0.2) is 11.9 Å². The van der Waals surface area contributed by atoms with Gasteiger partial charge in [-0.1, -0.05) is 52.0 Å². The summed E-state index contributed by atoms with van der Waals surface area (Å²) in [5.41, 5.74) is 5.54. The van der Waals surface area contributed by atoms with Crippen LogP contribution >= 0.6 is 0 Å². The topological polar surface area (TPSA) is 52.6 Å². The first-order valence-corrected chi connectivity index (χ1v) is 11.7. The maximum Gasteiger partial charge on any atom is 0.338 e. The molecule has 0 atom stereocenters. The molecule has 176 valence electrons. The lowest BCUT2D eigenvalue weighted by atomic mass is 9.92. The molecule has 0 bridgehead atoms. The number of unbranched alkanes of at least 4 members (excludes halogenated alkanes) is 2. The number of carbonyl (C=O) groups is 2. The van der Waals surface area contributed by atoms with Gasteiger partial charge in [-0.15, -0.1) is 0 Å². The quantitative estimate of drug-likeness (QED) is 0.201. The largest absolute Gasteiger partial charge is 0.423 e. The molecular weight excluding hydrogens is 412 g/mol. The summed E-state index contributed by atoms with van der Waals surface area (Å²) >= 11 is 0. The van der Waals surface area contributed by atoms with E-state index < -0.39 is 11.9 Å². The zero-order valence-electron chi connectivity index (χ0n) is 20.5. The molecule has 0 saturated carbocycles. The zero-order chi connectivity index (χ0) is 24.4. The number of esters is 2. The van der Waals surface area contributed by atoms with Gasteiger partial charge in [-0.2, -0.15) is 0 Å². The molecule has 2 rings (SSSR count). The fourth-order valence-corrected chi connectivity index (χ4v) is 3.47. The van der Waals surface area contributed by atoms with Crippen molar-refractivity contribution in [1.82, 2.24) is 0 Å². The van der Waals surface area contributed by atoms with Gasteiger partial charge < -0.3 is 9.47 Å². The smallest absolute Gasteiger partial charge is 0.338 e. The molecule has 0 aliphatic rings. The van der Waals surface area contributed by atoms with Crippen LogP contribution in [0.15, 0.2) is 60.7 Å². The molecule has 0 saturated heterocycles. The Balaban J connectivity index is 2.35. The minimum absolute atomic E-state index is 0.377. The van der Waals surface area contributed by atoms with E-state index in [0.717, 1.165) is 44.9 Å². The van der Waals surface area contributed by atoms with Crippen molar-refractivity contribution in [3.63, 3.8) is 0 Å². The second kappa shape index (κ2) is 12.8.